The van der Waals surface area contributed by atoms with Gasteiger partial charge in [-0.2, -0.15) is 0 Å². The maximum absolute atomic E-state index is 6.56. The van der Waals surface area contributed by atoms with Crippen molar-refractivity contribution >= 4 is 19.4 Å². The zero-order valence-corrected chi connectivity index (χ0v) is 19.7. The topological polar surface area (TPSA) is 43.5 Å². The smallest absolute Gasteiger partial charge is 0.283 e. The molecule has 5 heteroatoms. The predicted octanol–water partition coefficient (Wildman–Crippen LogP) is 4.54. The number of aromatic nitrogens is 1. The van der Waals surface area contributed by atoms with Crippen molar-refractivity contribution in [3.8, 4) is 5.75 Å². The minimum absolute atomic E-state index is 0.136. The van der Waals surface area contributed by atoms with E-state index >= 15 is 0 Å². The second-order valence-electron chi connectivity index (χ2n) is 9.05. The van der Waals surface area contributed by atoms with Gasteiger partial charge in [-0.25, -0.2) is 0 Å². The molecule has 1 fully saturated rings. The van der Waals surface area contributed by atoms with Crippen LogP contribution in [0.25, 0.3) is 0 Å². The number of ether oxygens (including phenoxy) is 2. The van der Waals surface area contributed by atoms with Gasteiger partial charge in [0.25, 0.3) is 9.04 Å². The van der Waals surface area contributed by atoms with Gasteiger partial charge in [0.1, 0.15) is 5.75 Å². The van der Waals surface area contributed by atoms with Gasteiger partial charge < -0.3 is 18.9 Å². The number of rotatable bonds is 7. The lowest BCUT2D eigenvalue weighted by molar-refractivity contribution is -0.106. The lowest BCUT2D eigenvalue weighted by Gasteiger charge is -2.24. The van der Waals surface area contributed by atoms with Crippen LogP contribution in [0.15, 0.2) is 66.9 Å². The summed E-state index contributed by atoms with van der Waals surface area (Å²) in [5.41, 5.74) is 2.42. The van der Waals surface area contributed by atoms with Crippen LogP contribution in [0.1, 0.15) is 51.3 Å². The molecule has 1 aliphatic rings. The Bertz CT molecular complexity index is 941. The van der Waals surface area contributed by atoms with E-state index in [-0.39, 0.29) is 11.7 Å². The van der Waals surface area contributed by atoms with E-state index in [9.17, 15) is 0 Å². The van der Waals surface area contributed by atoms with Gasteiger partial charge in [-0.3, -0.25) is 0 Å². The molecule has 2 heterocycles. The van der Waals surface area contributed by atoms with Crippen molar-refractivity contribution in [2.24, 2.45) is 0 Å². The standard InChI is InChI=1S/C26H32NO3Si/c1-26(2,3)20-12-14-22(15-13-20)31(21-9-5-4-6-10-21)29-19-23-24(16-17-27-23)30-25-11-7-8-18-28-25/h4-6,9-10,12-17,25,27H,7-8,11,18-19H2,1-3H3. The Morgan fingerprint density at radius 1 is 0.968 bits per heavy atom. The fraction of sp³-hybridized carbons (Fsp3) is 0.385. The van der Waals surface area contributed by atoms with Crippen LogP contribution in [-0.4, -0.2) is 26.9 Å². The van der Waals surface area contributed by atoms with Gasteiger partial charge in [-0.1, -0.05) is 75.4 Å². The van der Waals surface area contributed by atoms with Crippen molar-refractivity contribution in [3.05, 3.63) is 78.1 Å². The van der Waals surface area contributed by atoms with Crippen molar-refractivity contribution in [3.63, 3.8) is 0 Å². The summed E-state index contributed by atoms with van der Waals surface area (Å²) in [5, 5.41) is 2.48. The van der Waals surface area contributed by atoms with Crippen molar-refractivity contribution in [1.29, 1.82) is 0 Å². The monoisotopic (exact) mass is 434 g/mol. The summed E-state index contributed by atoms with van der Waals surface area (Å²) in [6.45, 7) is 7.96. The molecule has 1 aromatic heterocycles. The largest absolute Gasteiger partial charge is 0.463 e. The minimum atomic E-state index is -1.39. The number of H-pyrrole nitrogens is 1. The first kappa shape index (κ1) is 21.9. The summed E-state index contributed by atoms with van der Waals surface area (Å²) in [6, 6.07) is 21.4. The zero-order valence-electron chi connectivity index (χ0n) is 18.7. The molecule has 1 radical (unpaired) electrons. The van der Waals surface area contributed by atoms with Crippen LogP contribution in [0.5, 0.6) is 5.75 Å². The van der Waals surface area contributed by atoms with E-state index in [1.807, 2.05) is 18.3 Å². The SMILES string of the molecule is CC(C)(C)c1ccc([Si](OCc2[nH]ccc2OC2CCCCO2)c2ccccc2)cc1. The van der Waals surface area contributed by atoms with Gasteiger partial charge >= 0.3 is 0 Å². The Kier molecular flexibility index (Phi) is 6.95. The molecular weight excluding hydrogens is 402 g/mol. The summed E-state index contributed by atoms with van der Waals surface area (Å²) in [5.74, 6) is 0.824. The Morgan fingerprint density at radius 3 is 2.39 bits per heavy atom. The number of hydrogen-bond acceptors (Lipinski definition) is 3. The highest BCUT2D eigenvalue weighted by atomic mass is 28.3. The molecule has 1 unspecified atom stereocenters. The molecule has 163 valence electrons. The van der Waals surface area contributed by atoms with Crippen LogP contribution in [0.3, 0.4) is 0 Å². The van der Waals surface area contributed by atoms with E-state index in [1.165, 1.54) is 15.9 Å². The minimum Gasteiger partial charge on any atom is -0.463 e. The van der Waals surface area contributed by atoms with E-state index in [0.717, 1.165) is 37.3 Å². The lowest BCUT2D eigenvalue weighted by Crippen LogP contribution is -2.45. The Morgan fingerprint density at radius 2 is 1.71 bits per heavy atom. The molecule has 1 atom stereocenters. The van der Waals surface area contributed by atoms with Crippen LogP contribution in [0.4, 0.5) is 0 Å². The molecule has 31 heavy (non-hydrogen) atoms. The highest BCUT2D eigenvalue weighted by Crippen LogP contribution is 2.24. The Hall–Kier alpha value is -2.34. The third-order valence-electron chi connectivity index (χ3n) is 5.60. The van der Waals surface area contributed by atoms with Crippen LogP contribution >= 0.6 is 0 Å². The average molecular weight is 435 g/mol. The fourth-order valence-corrected chi connectivity index (χ4v) is 5.67. The van der Waals surface area contributed by atoms with Gasteiger partial charge in [-0.15, -0.1) is 0 Å². The van der Waals surface area contributed by atoms with Gasteiger partial charge in [0.2, 0.25) is 0 Å². The summed E-state index contributed by atoms with van der Waals surface area (Å²) < 4.78 is 18.4. The number of aromatic amines is 1. The molecule has 1 saturated heterocycles. The van der Waals surface area contributed by atoms with Crippen molar-refractivity contribution in [1.82, 2.24) is 4.98 Å². The summed E-state index contributed by atoms with van der Waals surface area (Å²) in [7, 11) is -1.39. The highest BCUT2D eigenvalue weighted by molar-refractivity contribution is 6.80. The summed E-state index contributed by atoms with van der Waals surface area (Å²) >= 11 is 0. The maximum Gasteiger partial charge on any atom is 0.283 e. The van der Waals surface area contributed by atoms with E-state index in [1.54, 1.807) is 0 Å². The molecule has 2 aromatic carbocycles. The first-order chi connectivity index (χ1) is 15.0. The van der Waals surface area contributed by atoms with E-state index < -0.39 is 9.04 Å². The molecule has 0 aliphatic carbocycles. The third-order valence-corrected chi connectivity index (χ3v) is 7.74. The van der Waals surface area contributed by atoms with Crippen LogP contribution in [0.2, 0.25) is 0 Å². The highest BCUT2D eigenvalue weighted by Gasteiger charge is 2.23. The lowest BCUT2D eigenvalue weighted by atomic mass is 9.87. The van der Waals surface area contributed by atoms with E-state index in [0.29, 0.717) is 6.61 Å². The van der Waals surface area contributed by atoms with E-state index in [2.05, 4.69) is 74.3 Å². The van der Waals surface area contributed by atoms with Crippen LogP contribution in [0, 0.1) is 0 Å². The molecule has 1 aliphatic heterocycles. The third kappa shape index (κ3) is 5.67. The van der Waals surface area contributed by atoms with Gasteiger partial charge in [0.15, 0.2) is 6.29 Å². The van der Waals surface area contributed by atoms with Crippen molar-refractivity contribution < 1.29 is 13.9 Å². The Balaban J connectivity index is 1.51. The molecular formula is C26H32NO3Si. The number of hydrogen-bond donors (Lipinski definition) is 1. The first-order valence-electron chi connectivity index (χ1n) is 11.1. The van der Waals surface area contributed by atoms with Crippen molar-refractivity contribution in [2.45, 2.75) is 58.3 Å². The average Bonchev–Trinajstić information content (AvgIpc) is 3.22. The summed E-state index contributed by atoms with van der Waals surface area (Å²) in [4.78, 5) is 3.29. The van der Waals surface area contributed by atoms with Crippen LogP contribution in [-0.2, 0) is 21.2 Å². The second kappa shape index (κ2) is 9.85. The van der Waals surface area contributed by atoms with Gasteiger partial charge in [0, 0.05) is 12.6 Å². The quantitative estimate of drug-likeness (QED) is 0.555. The molecule has 3 aromatic rings. The molecule has 4 rings (SSSR count). The normalized spacial score (nSPS) is 17.1. The van der Waals surface area contributed by atoms with E-state index in [4.69, 9.17) is 13.9 Å². The molecule has 0 bridgehead atoms. The molecule has 4 nitrogen and oxygen atoms in total. The number of benzene rings is 2. The second-order valence-corrected chi connectivity index (χ2v) is 11.1. The molecule has 1 N–H and O–H groups in total. The molecule has 0 spiro atoms. The predicted molar refractivity (Wildman–Crippen MR) is 126 cm³/mol. The van der Waals surface area contributed by atoms with Gasteiger partial charge in [-0.05, 0) is 40.3 Å². The maximum atomic E-state index is 6.56. The number of nitrogens with one attached hydrogen (secondary N) is 1. The fourth-order valence-electron chi connectivity index (χ4n) is 3.75. The molecule has 0 amide bonds. The summed E-state index contributed by atoms with van der Waals surface area (Å²) in [6.07, 6.45) is 4.94. The van der Waals surface area contributed by atoms with Crippen molar-refractivity contribution in [2.75, 3.05) is 6.61 Å². The molecule has 0 saturated carbocycles. The first-order valence-corrected chi connectivity index (χ1v) is 12.5. The Labute approximate surface area is 187 Å². The van der Waals surface area contributed by atoms with Crippen LogP contribution < -0.4 is 15.1 Å². The zero-order chi connectivity index (χ0) is 21.7. The van der Waals surface area contributed by atoms with Gasteiger partial charge in [0.05, 0.1) is 18.9 Å².